The van der Waals surface area contributed by atoms with E-state index >= 15 is 0 Å². The Labute approximate surface area is 223 Å². The summed E-state index contributed by atoms with van der Waals surface area (Å²) >= 11 is 0. The fourth-order valence-electron chi connectivity index (χ4n) is 5.69. The number of alkyl halides is 3. The first-order valence-electron chi connectivity index (χ1n) is 13.7. The van der Waals surface area contributed by atoms with Crippen LogP contribution in [0, 0.1) is 5.92 Å². The number of carbonyl (C=O) groups is 1. The largest absolute Gasteiger partial charge is 0.481 e. The Hall–Kier alpha value is -2.42. The average Bonchev–Trinajstić information content (AvgIpc) is 2.88. The molecule has 2 aliphatic rings. The highest BCUT2D eigenvalue weighted by Gasteiger charge is 2.36. The summed E-state index contributed by atoms with van der Waals surface area (Å²) in [5.41, 5.74) is 3.86. The van der Waals surface area contributed by atoms with Crippen molar-refractivity contribution in [2.45, 2.75) is 83.7 Å². The van der Waals surface area contributed by atoms with E-state index in [-0.39, 0.29) is 24.5 Å². The van der Waals surface area contributed by atoms with Crippen LogP contribution in [0.25, 0.3) is 0 Å². The Morgan fingerprint density at radius 2 is 1.82 bits per heavy atom. The van der Waals surface area contributed by atoms with Crippen molar-refractivity contribution >= 4 is 5.97 Å². The lowest BCUT2D eigenvalue weighted by molar-refractivity contribution is -0.176. The number of rotatable bonds is 10. The van der Waals surface area contributed by atoms with Gasteiger partial charge in [0.25, 0.3) is 0 Å². The number of hydroxylamine groups is 2. The number of aliphatic carboxylic acids is 1. The van der Waals surface area contributed by atoms with Gasteiger partial charge in [0.1, 0.15) is 0 Å². The minimum absolute atomic E-state index is 0.0199. The normalized spacial score (nSPS) is 18.5. The van der Waals surface area contributed by atoms with Gasteiger partial charge in [-0.2, -0.15) is 18.2 Å². The van der Waals surface area contributed by atoms with Crippen molar-refractivity contribution in [2.24, 2.45) is 5.92 Å². The molecular formula is C30H39F3N2O3. The molecule has 1 unspecified atom stereocenters. The molecule has 1 N–H and O–H groups in total. The molecule has 0 bridgehead atoms. The zero-order valence-electron chi connectivity index (χ0n) is 22.6. The second kappa shape index (κ2) is 12.2. The maximum absolute atomic E-state index is 13.9. The van der Waals surface area contributed by atoms with Gasteiger partial charge < -0.3 is 5.11 Å². The van der Waals surface area contributed by atoms with E-state index in [1.807, 2.05) is 13.0 Å². The molecule has 8 heteroatoms. The Morgan fingerprint density at radius 3 is 2.45 bits per heavy atom. The van der Waals surface area contributed by atoms with Gasteiger partial charge >= 0.3 is 12.1 Å². The molecule has 0 aromatic heterocycles. The number of aryl methyl sites for hydroxylation is 1. The third-order valence-electron chi connectivity index (χ3n) is 8.24. The van der Waals surface area contributed by atoms with Crippen molar-refractivity contribution in [3.05, 3.63) is 69.8 Å². The van der Waals surface area contributed by atoms with E-state index in [1.165, 1.54) is 17.2 Å². The van der Waals surface area contributed by atoms with Crippen molar-refractivity contribution in [1.82, 2.24) is 9.96 Å². The molecular weight excluding hydrogens is 493 g/mol. The fourth-order valence-corrected chi connectivity index (χ4v) is 5.69. The molecule has 0 radical (unpaired) electrons. The monoisotopic (exact) mass is 532 g/mol. The number of hydrogen-bond acceptors (Lipinski definition) is 4. The van der Waals surface area contributed by atoms with E-state index < -0.39 is 17.7 Å². The number of nitrogens with zero attached hydrogens (tertiary/aromatic N) is 2. The third kappa shape index (κ3) is 6.77. The van der Waals surface area contributed by atoms with E-state index in [9.17, 15) is 18.0 Å². The summed E-state index contributed by atoms with van der Waals surface area (Å²) in [7, 11) is 1.80. The second-order valence-electron chi connectivity index (χ2n) is 10.9. The van der Waals surface area contributed by atoms with Crippen LogP contribution in [-0.4, -0.2) is 41.2 Å². The molecule has 2 aromatic carbocycles. The van der Waals surface area contributed by atoms with Crippen LogP contribution < -0.4 is 0 Å². The molecule has 1 atom stereocenters. The van der Waals surface area contributed by atoms with Crippen molar-refractivity contribution in [3.8, 4) is 0 Å². The standard InChI is InChI=1S/C30H39F3N2O3/c1-4-22-15-24(11-12-25(22)16-35-17-26(18-35)29(36)37)20(2)34(3)38-19-21-10-13-27(23-8-6-5-7-9-23)28(14-21)30(31,32)33/h10-15,20,23,26H,4-9,16-19H2,1-3H3,(H,36,37). The van der Waals surface area contributed by atoms with Crippen LogP contribution in [0.3, 0.4) is 0 Å². The summed E-state index contributed by atoms with van der Waals surface area (Å²) in [5.74, 6) is -1.03. The summed E-state index contributed by atoms with van der Waals surface area (Å²) in [6.45, 7) is 6.04. The predicted molar refractivity (Wildman–Crippen MR) is 140 cm³/mol. The van der Waals surface area contributed by atoms with E-state index in [2.05, 4.69) is 24.0 Å². The lowest BCUT2D eigenvalue weighted by Gasteiger charge is -2.37. The third-order valence-corrected chi connectivity index (χ3v) is 8.24. The minimum atomic E-state index is -4.38. The molecule has 4 rings (SSSR count). The highest BCUT2D eigenvalue weighted by molar-refractivity contribution is 5.71. The zero-order chi connectivity index (χ0) is 27.4. The zero-order valence-corrected chi connectivity index (χ0v) is 22.6. The molecule has 1 aliphatic heterocycles. The average molecular weight is 533 g/mol. The van der Waals surface area contributed by atoms with Gasteiger partial charge in [-0.05, 0) is 66.0 Å². The molecule has 0 spiro atoms. The van der Waals surface area contributed by atoms with Crippen LogP contribution in [0.15, 0.2) is 36.4 Å². The van der Waals surface area contributed by atoms with Crippen molar-refractivity contribution < 1.29 is 27.9 Å². The van der Waals surface area contributed by atoms with Gasteiger partial charge in [0, 0.05) is 26.7 Å². The SMILES string of the molecule is CCc1cc(C(C)N(C)OCc2ccc(C3CCCCC3)c(C(F)(F)F)c2)ccc1CN1CC(C(=O)O)C1. The Morgan fingerprint density at radius 1 is 1.11 bits per heavy atom. The van der Waals surface area contributed by atoms with E-state index in [4.69, 9.17) is 9.94 Å². The van der Waals surface area contributed by atoms with E-state index in [0.29, 0.717) is 24.2 Å². The quantitative estimate of drug-likeness (QED) is 0.336. The Balaban J connectivity index is 1.39. The summed E-state index contributed by atoms with van der Waals surface area (Å²) in [6.07, 6.45) is 1.17. The number of likely N-dealkylation sites (tertiary alicyclic amines) is 1. The Kier molecular flexibility index (Phi) is 9.16. The summed E-state index contributed by atoms with van der Waals surface area (Å²) in [4.78, 5) is 19.1. The lowest BCUT2D eigenvalue weighted by atomic mass is 9.81. The summed E-state index contributed by atoms with van der Waals surface area (Å²) < 4.78 is 41.7. The lowest BCUT2D eigenvalue weighted by Crippen LogP contribution is -2.49. The summed E-state index contributed by atoms with van der Waals surface area (Å²) in [5, 5.41) is 10.8. The molecule has 0 amide bonds. The van der Waals surface area contributed by atoms with Crippen LogP contribution in [0.1, 0.15) is 91.3 Å². The highest BCUT2D eigenvalue weighted by atomic mass is 19.4. The van der Waals surface area contributed by atoms with Gasteiger partial charge in [0.2, 0.25) is 0 Å². The maximum Gasteiger partial charge on any atom is 0.416 e. The van der Waals surface area contributed by atoms with Gasteiger partial charge in [-0.1, -0.05) is 56.5 Å². The van der Waals surface area contributed by atoms with Gasteiger partial charge in [0.05, 0.1) is 24.1 Å². The minimum Gasteiger partial charge on any atom is -0.481 e. The smallest absolute Gasteiger partial charge is 0.416 e. The van der Waals surface area contributed by atoms with Crippen molar-refractivity contribution in [2.75, 3.05) is 20.1 Å². The molecule has 1 aliphatic carbocycles. The number of hydrogen-bond donors (Lipinski definition) is 1. The maximum atomic E-state index is 13.9. The van der Waals surface area contributed by atoms with Gasteiger partial charge in [-0.3, -0.25) is 14.5 Å². The Bertz CT molecular complexity index is 1110. The first-order chi connectivity index (χ1) is 18.1. The second-order valence-corrected chi connectivity index (χ2v) is 10.9. The van der Waals surface area contributed by atoms with E-state index in [0.717, 1.165) is 50.6 Å². The molecule has 1 saturated heterocycles. The van der Waals surface area contributed by atoms with Crippen molar-refractivity contribution in [3.63, 3.8) is 0 Å². The molecule has 1 saturated carbocycles. The van der Waals surface area contributed by atoms with E-state index in [1.54, 1.807) is 24.2 Å². The van der Waals surface area contributed by atoms with Crippen LogP contribution in [0.4, 0.5) is 13.2 Å². The van der Waals surface area contributed by atoms with Crippen molar-refractivity contribution in [1.29, 1.82) is 0 Å². The number of benzene rings is 2. The summed E-state index contributed by atoms with van der Waals surface area (Å²) in [6, 6.07) is 10.9. The first kappa shape index (κ1) is 28.6. The van der Waals surface area contributed by atoms with Crippen LogP contribution in [0.5, 0.6) is 0 Å². The molecule has 208 valence electrons. The number of halogens is 3. The predicted octanol–water partition coefficient (Wildman–Crippen LogP) is 6.96. The number of carboxylic acid groups (broad SMARTS) is 1. The molecule has 2 fully saturated rings. The number of carboxylic acids is 1. The van der Waals surface area contributed by atoms with Crippen LogP contribution in [0.2, 0.25) is 0 Å². The first-order valence-corrected chi connectivity index (χ1v) is 13.7. The topological polar surface area (TPSA) is 53.0 Å². The highest BCUT2D eigenvalue weighted by Crippen LogP contribution is 2.41. The van der Waals surface area contributed by atoms with Gasteiger partial charge in [-0.25, -0.2) is 0 Å². The van der Waals surface area contributed by atoms with Gasteiger partial charge in [-0.15, -0.1) is 0 Å². The molecule has 38 heavy (non-hydrogen) atoms. The van der Waals surface area contributed by atoms with Crippen LogP contribution in [-0.2, 0) is 35.4 Å². The molecule has 5 nitrogen and oxygen atoms in total. The fraction of sp³-hybridized carbons (Fsp3) is 0.567. The van der Waals surface area contributed by atoms with Gasteiger partial charge in [0.15, 0.2) is 0 Å². The molecule has 1 heterocycles. The van der Waals surface area contributed by atoms with Crippen LogP contribution >= 0.6 is 0 Å². The molecule has 2 aromatic rings.